The van der Waals surface area contributed by atoms with E-state index < -0.39 is 6.16 Å². The van der Waals surface area contributed by atoms with Gasteiger partial charge in [-0.1, -0.05) is 0 Å². The average Bonchev–Trinajstić information content (AvgIpc) is 1.66. The van der Waals surface area contributed by atoms with Gasteiger partial charge in [-0.3, -0.25) is 4.70 Å². The molecule has 0 spiro atoms. The van der Waals surface area contributed by atoms with Gasteiger partial charge in [0.2, 0.25) is 0 Å². The van der Waals surface area contributed by atoms with Crippen molar-refractivity contribution in [1.82, 2.24) is 0 Å². The van der Waals surface area contributed by atoms with Crippen molar-refractivity contribution in [3.63, 3.8) is 0 Å². The molecule has 0 saturated heterocycles. The first-order valence-electron chi connectivity index (χ1n) is 1.88. The lowest BCUT2D eigenvalue weighted by molar-refractivity contribution is 0.102. The third kappa shape index (κ3) is 10.9. The molecule has 0 aromatic carbocycles. The normalized spacial score (nSPS) is 8.56. The molecule has 0 fully saturated rings. The highest BCUT2D eigenvalue weighted by molar-refractivity contribution is 5.56. The molecule has 0 radical (unpaired) electrons. The van der Waals surface area contributed by atoms with Gasteiger partial charge < -0.3 is 9.84 Å². The topological polar surface area (TPSA) is 46.5 Å². The maximum absolute atomic E-state index is 11.0. The molecule has 0 aliphatic heterocycles. The summed E-state index contributed by atoms with van der Waals surface area (Å²) in [7, 11) is 0. The van der Waals surface area contributed by atoms with Crippen LogP contribution >= 0.6 is 0 Å². The maximum atomic E-state index is 11.0. The van der Waals surface area contributed by atoms with Gasteiger partial charge in [0.1, 0.15) is 6.61 Å². The Bertz CT molecular complexity index is 102. The van der Waals surface area contributed by atoms with Gasteiger partial charge in [0.05, 0.1) is 6.33 Å². The van der Waals surface area contributed by atoms with Gasteiger partial charge in [0.15, 0.2) is 0 Å². The fraction of sp³-hybridized carbons (Fsp3) is 0.250. The molecule has 0 bridgehead atoms. The number of rotatable bonds is 2. The second-order valence-corrected chi connectivity index (χ2v) is 0.939. The van der Waals surface area contributed by atoms with Crippen molar-refractivity contribution >= 4 is 6.16 Å². The minimum atomic E-state index is -1.40. The van der Waals surface area contributed by atoms with Crippen molar-refractivity contribution in [2.24, 2.45) is 0 Å². The van der Waals surface area contributed by atoms with E-state index in [0.717, 1.165) is 6.08 Å². The smallest absolute Gasteiger partial charge is 0.450 e. The molecule has 54 valence electrons. The van der Waals surface area contributed by atoms with E-state index in [0.29, 0.717) is 0 Å². The summed E-state index contributed by atoms with van der Waals surface area (Å²) in [5.74, 6) is 0. The zero-order chi connectivity index (χ0) is 6.41. The zero-order valence-electron chi connectivity index (χ0n) is 4.41. The Morgan fingerprint density at radius 2 is 2.33 bits per heavy atom. The molecule has 0 heterocycles. The van der Waals surface area contributed by atoms with Crippen LogP contribution in [-0.2, 0) is 4.74 Å². The number of halogens is 2. The molecule has 9 heavy (non-hydrogen) atoms. The number of carboxylic acid groups (broad SMARTS) is 1. The van der Waals surface area contributed by atoms with Crippen LogP contribution in [0.3, 0.4) is 0 Å². The van der Waals surface area contributed by atoms with Gasteiger partial charge in [-0.2, -0.15) is 0 Å². The fourth-order valence-electron chi connectivity index (χ4n) is 0.156. The Morgan fingerprint density at radius 1 is 1.78 bits per heavy atom. The molecule has 0 saturated carbocycles. The number of hydrogen-bond donors (Lipinski definition) is 1. The molecule has 0 aromatic heterocycles. The summed E-state index contributed by atoms with van der Waals surface area (Å²) in [6.45, 7) is -0.230. The number of hydrogen-bond acceptors (Lipinski definition) is 2. The van der Waals surface area contributed by atoms with Gasteiger partial charge in [-0.25, -0.2) is 9.18 Å². The first-order valence-corrected chi connectivity index (χ1v) is 1.88. The molecule has 0 unspecified atom stereocenters. The maximum Gasteiger partial charge on any atom is 0.506 e. The van der Waals surface area contributed by atoms with Crippen LogP contribution in [0.2, 0.25) is 0 Å². The van der Waals surface area contributed by atoms with Gasteiger partial charge in [-0.05, 0) is 6.08 Å². The monoisotopic (exact) mass is 140 g/mol. The van der Waals surface area contributed by atoms with Crippen molar-refractivity contribution < 1.29 is 23.7 Å². The lowest BCUT2D eigenvalue weighted by Gasteiger charge is -1.89. The molecular weight excluding hydrogens is 134 g/mol. The van der Waals surface area contributed by atoms with Gasteiger partial charge >= 0.3 is 6.16 Å². The zero-order valence-corrected chi connectivity index (χ0v) is 4.41. The summed E-state index contributed by atoms with van der Waals surface area (Å²) in [5.41, 5.74) is 0. The largest absolute Gasteiger partial charge is 0.506 e. The van der Waals surface area contributed by atoms with E-state index in [1.807, 2.05) is 0 Å². The van der Waals surface area contributed by atoms with Gasteiger partial charge in [-0.15, -0.1) is 0 Å². The van der Waals surface area contributed by atoms with E-state index in [9.17, 15) is 9.18 Å². The summed E-state index contributed by atoms with van der Waals surface area (Å²) in [5, 5.41) is 7.76. The highest BCUT2D eigenvalue weighted by Gasteiger charge is 1.89. The average molecular weight is 140 g/mol. The Hall–Kier alpha value is -1.13. The number of ether oxygens (including phenoxy) is 1. The quantitative estimate of drug-likeness (QED) is 0.588. The molecule has 5 heteroatoms. The molecule has 0 aliphatic rings. The highest BCUT2D eigenvalue weighted by Crippen LogP contribution is 1.77. The van der Waals surface area contributed by atoms with Crippen LogP contribution in [0.5, 0.6) is 0 Å². The molecule has 0 rings (SSSR count). The molecule has 0 aromatic rings. The SMILES string of the molecule is F.O=C(O)OCC=CF. The van der Waals surface area contributed by atoms with Crippen LogP contribution < -0.4 is 0 Å². The number of carbonyl (C=O) groups is 1. The fourth-order valence-corrected chi connectivity index (χ4v) is 0.156. The van der Waals surface area contributed by atoms with E-state index >= 15 is 0 Å². The van der Waals surface area contributed by atoms with Crippen LogP contribution in [0.4, 0.5) is 13.9 Å². The molecule has 3 nitrogen and oxygen atoms in total. The standard InChI is InChI=1S/C4H5FO3.FH/c5-2-1-3-8-4(6)7;/h1-2H,3H2,(H,6,7);1H. The first-order chi connectivity index (χ1) is 3.77. The van der Waals surface area contributed by atoms with Crippen LogP contribution in [0.1, 0.15) is 0 Å². The summed E-state index contributed by atoms with van der Waals surface area (Å²) in [6.07, 6.45) is -0.222. The van der Waals surface area contributed by atoms with Crippen molar-refractivity contribution in [3.05, 3.63) is 12.4 Å². The van der Waals surface area contributed by atoms with Crippen LogP contribution in [0, 0.1) is 0 Å². The summed E-state index contributed by atoms with van der Waals surface area (Å²) < 4.78 is 14.9. The predicted molar refractivity (Wildman–Crippen MR) is 26.7 cm³/mol. The van der Waals surface area contributed by atoms with Crippen molar-refractivity contribution in [3.8, 4) is 0 Å². The highest BCUT2D eigenvalue weighted by atomic mass is 19.1. The molecule has 0 aliphatic carbocycles. The summed E-state index contributed by atoms with van der Waals surface area (Å²) >= 11 is 0. The van der Waals surface area contributed by atoms with Crippen LogP contribution in [0.15, 0.2) is 12.4 Å². The van der Waals surface area contributed by atoms with Gasteiger partial charge in [0.25, 0.3) is 0 Å². The molecule has 1 N–H and O–H groups in total. The minimum absolute atomic E-state index is 0. The second-order valence-electron chi connectivity index (χ2n) is 0.939. The molecule has 0 atom stereocenters. The molecular formula is C4H6F2O3. The third-order valence-electron chi connectivity index (χ3n) is 0.392. The minimum Gasteiger partial charge on any atom is -0.450 e. The first kappa shape index (κ1) is 10.8. The van der Waals surface area contributed by atoms with Gasteiger partial charge in [0, 0.05) is 0 Å². The Kier molecular flexibility index (Phi) is 8.23. The van der Waals surface area contributed by atoms with E-state index in [4.69, 9.17) is 5.11 Å². The van der Waals surface area contributed by atoms with E-state index in [1.165, 1.54) is 0 Å². The van der Waals surface area contributed by atoms with Crippen molar-refractivity contribution in [2.45, 2.75) is 0 Å². The Balaban J connectivity index is 0. The third-order valence-corrected chi connectivity index (χ3v) is 0.392. The van der Waals surface area contributed by atoms with Crippen LogP contribution in [-0.4, -0.2) is 17.9 Å². The van der Waals surface area contributed by atoms with E-state index in [-0.39, 0.29) is 17.6 Å². The molecule has 0 amide bonds. The Labute approximate surface area is 50.1 Å². The predicted octanol–water partition coefficient (Wildman–Crippen LogP) is 1.32. The summed E-state index contributed by atoms with van der Waals surface area (Å²) in [4.78, 5) is 9.50. The summed E-state index contributed by atoms with van der Waals surface area (Å²) in [6, 6.07) is 0. The van der Waals surface area contributed by atoms with Crippen molar-refractivity contribution in [1.29, 1.82) is 0 Å². The second kappa shape index (κ2) is 6.87. The van der Waals surface area contributed by atoms with E-state index in [2.05, 4.69) is 4.74 Å². The lowest BCUT2D eigenvalue weighted by Crippen LogP contribution is -1.98. The van der Waals surface area contributed by atoms with E-state index in [1.54, 1.807) is 0 Å². The lowest BCUT2D eigenvalue weighted by atomic mass is 10.7. The van der Waals surface area contributed by atoms with Crippen LogP contribution in [0.25, 0.3) is 0 Å². The van der Waals surface area contributed by atoms with Crippen molar-refractivity contribution in [2.75, 3.05) is 6.61 Å². The Morgan fingerprint density at radius 3 is 2.67 bits per heavy atom.